The third-order valence-corrected chi connectivity index (χ3v) is 6.05. The Morgan fingerprint density at radius 2 is 2.03 bits per heavy atom. The molecule has 0 spiro atoms. The van der Waals surface area contributed by atoms with E-state index in [0.717, 1.165) is 16.2 Å². The van der Waals surface area contributed by atoms with Crippen molar-refractivity contribution in [1.82, 2.24) is 14.7 Å². The summed E-state index contributed by atoms with van der Waals surface area (Å²) in [7, 11) is 0. The molecule has 31 heavy (non-hydrogen) atoms. The minimum absolute atomic E-state index is 0.260. The summed E-state index contributed by atoms with van der Waals surface area (Å²) in [5.74, 6) is -0.165. The van der Waals surface area contributed by atoms with Gasteiger partial charge in [-0.25, -0.2) is 14.4 Å². The molecule has 8 nitrogen and oxygen atoms in total. The van der Waals surface area contributed by atoms with Crippen LogP contribution in [0.15, 0.2) is 79.0 Å². The quantitative estimate of drug-likeness (QED) is 0.450. The van der Waals surface area contributed by atoms with Crippen molar-refractivity contribution in [3.8, 4) is 10.7 Å². The van der Waals surface area contributed by atoms with Crippen LogP contribution in [0.4, 0.5) is 0 Å². The third kappa shape index (κ3) is 3.73. The molecule has 0 radical (unpaired) electrons. The van der Waals surface area contributed by atoms with Gasteiger partial charge in [-0.2, -0.15) is 5.10 Å². The number of benzene rings is 1. The van der Waals surface area contributed by atoms with E-state index < -0.39 is 11.8 Å². The summed E-state index contributed by atoms with van der Waals surface area (Å²) in [5, 5.41) is 12.2. The van der Waals surface area contributed by atoms with Gasteiger partial charge in [-0.05, 0) is 41.3 Å². The van der Waals surface area contributed by atoms with E-state index in [4.69, 9.17) is 20.5 Å². The van der Waals surface area contributed by atoms with Gasteiger partial charge in [0.1, 0.15) is 18.3 Å². The maximum Gasteiger partial charge on any atom is 0.442 e. The first-order valence-electron chi connectivity index (χ1n) is 9.39. The molecule has 0 aliphatic carbocycles. The van der Waals surface area contributed by atoms with Crippen LogP contribution in [0.1, 0.15) is 23.8 Å². The van der Waals surface area contributed by atoms with E-state index in [1.54, 1.807) is 36.6 Å². The van der Waals surface area contributed by atoms with Gasteiger partial charge >= 0.3 is 5.76 Å². The zero-order valence-electron chi connectivity index (χ0n) is 16.0. The van der Waals surface area contributed by atoms with Crippen molar-refractivity contribution in [2.45, 2.75) is 19.0 Å². The van der Waals surface area contributed by atoms with E-state index in [9.17, 15) is 9.59 Å². The smallest absolute Gasteiger partial charge is 0.442 e. The fourth-order valence-corrected chi connectivity index (χ4v) is 4.30. The number of hydrazone groups is 1. The lowest BCUT2D eigenvalue weighted by Gasteiger charge is -2.19. The average molecular weight is 455 g/mol. The van der Waals surface area contributed by atoms with Crippen LogP contribution in [0.25, 0.3) is 10.7 Å². The molecule has 1 unspecified atom stereocenters. The summed E-state index contributed by atoms with van der Waals surface area (Å²) in [6, 6.07) is 14.0. The second-order valence-corrected chi connectivity index (χ2v) is 8.25. The largest absolute Gasteiger partial charge is 0.467 e. The lowest BCUT2D eigenvalue weighted by molar-refractivity contribution is -0.134. The number of furan rings is 1. The number of hydrogen-bond donors (Lipinski definition) is 0. The first-order valence-corrected chi connectivity index (χ1v) is 10.6. The Bertz CT molecular complexity index is 1290. The van der Waals surface area contributed by atoms with E-state index in [0.29, 0.717) is 23.0 Å². The van der Waals surface area contributed by atoms with Crippen LogP contribution in [-0.4, -0.2) is 26.4 Å². The predicted octanol–water partition coefficient (Wildman–Crippen LogP) is 4.19. The van der Waals surface area contributed by atoms with Crippen LogP contribution in [0.5, 0.6) is 0 Å². The Morgan fingerprint density at radius 1 is 1.19 bits per heavy atom. The van der Waals surface area contributed by atoms with Gasteiger partial charge in [0, 0.05) is 11.4 Å². The van der Waals surface area contributed by atoms with Crippen molar-refractivity contribution in [3.63, 3.8) is 0 Å². The molecule has 1 amide bonds. The number of halogens is 1. The van der Waals surface area contributed by atoms with Gasteiger partial charge < -0.3 is 4.42 Å². The van der Waals surface area contributed by atoms with E-state index in [2.05, 4.69) is 10.3 Å². The molecule has 0 bridgehead atoms. The number of aromatic nitrogens is 2. The topological polar surface area (TPSA) is 93.8 Å². The highest BCUT2D eigenvalue weighted by Gasteiger charge is 2.35. The summed E-state index contributed by atoms with van der Waals surface area (Å²) >= 11 is 7.39. The lowest BCUT2D eigenvalue weighted by Crippen LogP contribution is -2.33. The van der Waals surface area contributed by atoms with Crippen molar-refractivity contribution in [2.75, 3.05) is 0 Å². The molecule has 10 heteroatoms. The van der Waals surface area contributed by atoms with E-state index in [-0.39, 0.29) is 12.5 Å². The number of carbonyl (C=O) groups is 1. The molecule has 0 fully saturated rings. The van der Waals surface area contributed by atoms with Crippen LogP contribution < -0.4 is 5.76 Å². The van der Waals surface area contributed by atoms with Crippen LogP contribution in [0, 0.1) is 0 Å². The van der Waals surface area contributed by atoms with E-state index in [1.165, 1.54) is 20.9 Å². The molecule has 0 saturated carbocycles. The monoisotopic (exact) mass is 454 g/mol. The predicted molar refractivity (Wildman–Crippen MR) is 115 cm³/mol. The molecule has 0 saturated heterocycles. The lowest BCUT2D eigenvalue weighted by atomic mass is 10.0. The zero-order chi connectivity index (χ0) is 21.4. The minimum Gasteiger partial charge on any atom is -0.467 e. The zero-order valence-corrected chi connectivity index (χ0v) is 17.5. The van der Waals surface area contributed by atoms with Gasteiger partial charge in [0.2, 0.25) is 0 Å². The first-order chi connectivity index (χ1) is 15.1. The van der Waals surface area contributed by atoms with Gasteiger partial charge in [0.15, 0.2) is 5.82 Å². The van der Waals surface area contributed by atoms with Gasteiger partial charge in [-0.3, -0.25) is 9.32 Å². The summed E-state index contributed by atoms with van der Waals surface area (Å²) in [4.78, 5) is 26.2. The summed E-state index contributed by atoms with van der Waals surface area (Å²) in [6.07, 6.45) is 2.02. The maximum absolute atomic E-state index is 13.3. The molecule has 4 heterocycles. The Balaban J connectivity index is 1.48. The molecule has 1 aromatic carbocycles. The molecule has 0 N–H and O–H groups in total. The molecule has 4 aromatic rings. The van der Waals surface area contributed by atoms with Crippen LogP contribution in [0.2, 0.25) is 5.02 Å². The Kier molecular flexibility index (Phi) is 5.05. The summed E-state index contributed by atoms with van der Waals surface area (Å²) in [6.45, 7) is -0.260. The number of nitrogens with zero attached hydrogens (tertiary/aromatic N) is 4. The number of thiophene rings is 1. The minimum atomic E-state index is -0.701. The molecular weight excluding hydrogens is 440 g/mol. The van der Waals surface area contributed by atoms with Crippen LogP contribution in [0.3, 0.4) is 0 Å². The average Bonchev–Trinajstić information content (AvgIpc) is 3.56. The summed E-state index contributed by atoms with van der Waals surface area (Å²) in [5.41, 5.74) is 1.58. The second-order valence-electron chi connectivity index (χ2n) is 6.86. The molecule has 1 atom stereocenters. The number of carbonyl (C=O) groups excluding carboxylic acids is 1. The number of amides is 1. The van der Waals surface area contributed by atoms with Crippen molar-refractivity contribution in [1.29, 1.82) is 0 Å². The standard InChI is InChI=1S/C21H15ClN4O4S/c22-14-7-5-13(6-8-14)15-11-16(17-3-1-9-29-17)26(23-15)19(27)12-25-20(24-30-21(25)28)18-4-2-10-31-18/h1-10,16H,11-12H2. The van der Waals surface area contributed by atoms with Crippen LogP contribution >= 0.6 is 22.9 Å². The third-order valence-electron chi connectivity index (χ3n) is 4.94. The Morgan fingerprint density at radius 3 is 2.74 bits per heavy atom. The highest BCUT2D eigenvalue weighted by atomic mass is 35.5. The molecule has 156 valence electrons. The van der Waals surface area contributed by atoms with Gasteiger partial charge in [-0.1, -0.05) is 35.0 Å². The van der Waals surface area contributed by atoms with Crippen molar-refractivity contribution in [3.05, 3.63) is 87.1 Å². The van der Waals surface area contributed by atoms with Crippen molar-refractivity contribution >= 4 is 34.6 Å². The second kappa shape index (κ2) is 8.01. The molecule has 5 rings (SSSR count). The van der Waals surface area contributed by atoms with E-state index in [1.807, 2.05) is 23.6 Å². The van der Waals surface area contributed by atoms with Crippen LogP contribution in [-0.2, 0) is 11.3 Å². The number of rotatable bonds is 5. The van der Waals surface area contributed by atoms with Crippen molar-refractivity contribution in [2.24, 2.45) is 5.10 Å². The van der Waals surface area contributed by atoms with Gasteiger partial charge in [-0.15, -0.1) is 11.3 Å². The number of hydrogen-bond acceptors (Lipinski definition) is 7. The highest BCUT2D eigenvalue weighted by molar-refractivity contribution is 7.13. The SMILES string of the molecule is O=C(Cn1c(-c2cccs2)noc1=O)N1N=C(c2ccc(Cl)cc2)CC1c1ccco1. The van der Waals surface area contributed by atoms with Gasteiger partial charge in [0.25, 0.3) is 5.91 Å². The molecule has 1 aliphatic rings. The fraction of sp³-hybridized carbons (Fsp3) is 0.143. The Labute approximate surface area is 185 Å². The molecule has 1 aliphatic heterocycles. The van der Waals surface area contributed by atoms with Crippen molar-refractivity contribution < 1.29 is 13.7 Å². The molecule has 3 aromatic heterocycles. The van der Waals surface area contributed by atoms with Gasteiger partial charge in [0.05, 0.1) is 16.9 Å². The fourth-order valence-electron chi connectivity index (χ4n) is 3.46. The first kappa shape index (κ1) is 19.5. The Hall–Kier alpha value is -3.43. The summed E-state index contributed by atoms with van der Waals surface area (Å²) < 4.78 is 11.6. The normalized spacial score (nSPS) is 16.0. The maximum atomic E-state index is 13.3. The molecular formula is C21H15ClN4O4S. The highest BCUT2D eigenvalue weighted by Crippen LogP contribution is 2.33. The van der Waals surface area contributed by atoms with E-state index >= 15 is 0 Å².